The summed E-state index contributed by atoms with van der Waals surface area (Å²) in [5.41, 5.74) is 9.51. The van der Waals surface area contributed by atoms with Gasteiger partial charge in [-0.3, -0.25) is 14.8 Å². The smallest absolute Gasteiger partial charge is 0.159 e. The molecular formula is C40H44F3N7. The van der Waals surface area contributed by atoms with Crippen LogP contribution < -0.4 is 10.6 Å². The van der Waals surface area contributed by atoms with Crippen molar-refractivity contribution in [3.8, 4) is 23.5 Å². The van der Waals surface area contributed by atoms with Gasteiger partial charge in [0.2, 0.25) is 0 Å². The summed E-state index contributed by atoms with van der Waals surface area (Å²) in [7, 11) is 1.66. The first-order valence-corrected chi connectivity index (χ1v) is 18.0. The number of aliphatic imine (C=N–C) groups is 1. The van der Waals surface area contributed by atoms with Gasteiger partial charge in [0.05, 0.1) is 16.6 Å². The predicted octanol–water partition coefficient (Wildman–Crippen LogP) is 6.83. The molecule has 50 heavy (non-hydrogen) atoms. The molecule has 10 heteroatoms. The molecule has 0 spiro atoms. The molecule has 2 N–H and O–H groups in total. The Morgan fingerprint density at radius 2 is 1.82 bits per heavy atom. The van der Waals surface area contributed by atoms with E-state index in [0.717, 1.165) is 50.8 Å². The van der Waals surface area contributed by atoms with E-state index in [9.17, 15) is 4.39 Å². The lowest BCUT2D eigenvalue weighted by molar-refractivity contribution is 0.181. The molecule has 4 fully saturated rings. The van der Waals surface area contributed by atoms with Crippen molar-refractivity contribution in [3.05, 3.63) is 58.4 Å². The lowest BCUT2D eigenvalue weighted by atomic mass is 9.88. The summed E-state index contributed by atoms with van der Waals surface area (Å²) < 4.78 is 46.3. The van der Waals surface area contributed by atoms with E-state index in [2.05, 4.69) is 25.6 Å². The number of rotatable bonds is 8. The largest absolute Gasteiger partial charge is 0.398 e. The Bertz CT molecular complexity index is 2050. The van der Waals surface area contributed by atoms with Gasteiger partial charge in [-0.15, -0.1) is 6.42 Å². The van der Waals surface area contributed by atoms with Crippen molar-refractivity contribution in [3.63, 3.8) is 0 Å². The SMILES string of the molecule is C#Cc1c(F)ccc2cc(C)cc(-c3c(N)c(C=NC)c4c(N5C6CCC5CN(CCF)C6)nc(CCC56CCCN5CCC6)nc4c3F)c12. The monoisotopic (exact) mass is 679 g/mol. The van der Waals surface area contributed by atoms with Crippen LogP contribution in [0.5, 0.6) is 0 Å². The average molecular weight is 680 g/mol. The van der Waals surface area contributed by atoms with Crippen LogP contribution in [0, 0.1) is 30.9 Å². The number of piperazine rings is 1. The minimum Gasteiger partial charge on any atom is -0.398 e. The number of aryl methyl sites for hydroxylation is 2. The molecular weight excluding hydrogens is 635 g/mol. The second kappa shape index (κ2) is 12.8. The normalized spacial score (nSPS) is 22.0. The van der Waals surface area contributed by atoms with Crippen molar-refractivity contribution in [1.82, 2.24) is 19.8 Å². The fourth-order valence-corrected chi connectivity index (χ4v) is 9.78. The van der Waals surface area contributed by atoms with Gasteiger partial charge >= 0.3 is 0 Å². The molecule has 2 unspecified atom stereocenters. The number of benzene rings is 3. The summed E-state index contributed by atoms with van der Waals surface area (Å²) in [4.78, 5) is 21.8. The number of nitrogens with zero attached hydrogens (tertiary/aromatic N) is 6. The molecule has 4 aliphatic rings. The van der Waals surface area contributed by atoms with Crippen molar-refractivity contribution < 1.29 is 13.2 Å². The van der Waals surface area contributed by atoms with E-state index < -0.39 is 11.6 Å². The van der Waals surface area contributed by atoms with Crippen LogP contribution in [0.1, 0.15) is 67.5 Å². The fraction of sp³-hybridized carbons (Fsp3) is 0.475. The number of hydrogen-bond donors (Lipinski definition) is 1. The minimum absolute atomic E-state index is 0.0610. The highest BCUT2D eigenvalue weighted by Gasteiger charge is 2.45. The Balaban J connectivity index is 1.38. The molecule has 0 saturated carbocycles. The van der Waals surface area contributed by atoms with E-state index in [1.807, 2.05) is 19.1 Å². The third-order valence-corrected chi connectivity index (χ3v) is 11.9. The number of aromatic nitrogens is 2. The van der Waals surface area contributed by atoms with Crippen LogP contribution in [0.2, 0.25) is 0 Å². The zero-order valence-electron chi connectivity index (χ0n) is 28.9. The van der Waals surface area contributed by atoms with E-state index >= 15 is 8.78 Å². The molecule has 4 aromatic rings. The van der Waals surface area contributed by atoms with Gasteiger partial charge in [0, 0.05) is 73.5 Å². The van der Waals surface area contributed by atoms with Crippen LogP contribution in [0.3, 0.4) is 0 Å². The number of nitrogen functional groups attached to an aromatic ring is 1. The molecule has 7 nitrogen and oxygen atoms in total. The first-order chi connectivity index (χ1) is 24.3. The minimum atomic E-state index is -0.584. The molecule has 0 amide bonds. The number of hydrogen-bond acceptors (Lipinski definition) is 7. The topological polar surface area (TPSA) is 73.9 Å². The molecule has 2 bridgehead atoms. The van der Waals surface area contributed by atoms with Gasteiger partial charge in [-0.2, -0.15) is 0 Å². The number of alkyl halides is 1. The van der Waals surface area contributed by atoms with Crippen LogP contribution in [-0.2, 0) is 6.42 Å². The Labute approximate surface area is 291 Å². The van der Waals surface area contributed by atoms with Crippen molar-refractivity contribution in [2.24, 2.45) is 4.99 Å². The summed E-state index contributed by atoms with van der Waals surface area (Å²) >= 11 is 0. The van der Waals surface area contributed by atoms with E-state index in [1.165, 1.54) is 18.9 Å². The lowest BCUT2D eigenvalue weighted by Gasteiger charge is -2.42. The van der Waals surface area contributed by atoms with E-state index in [-0.39, 0.29) is 46.6 Å². The Hall–Kier alpha value is -4.20. The molecule has 2 atom stereocenters. The highest BCUT2D eigenvalue weighted by Crippen LogP contribution is 2.47. The molecule has 260 valence electrons. The predicted molar refractivity (Wildman–Crippen MR) is 196 cm³/mol. The Morgan fingerprint density at radius 1 is 1.08 bits per heavy atom. The van der Waals surface area contributed by atoms with Gasteiger partial charge in [-0.1, -0.05) is 24.1 Å². The molecule has 8 rings (SSSR count). The molecule has 4 aliphatic heterocycles. The molecule has 1 aromatic heterocycles. The van der Waals surface area contributed by atoms with Crippen LogP contribution in [0.25, 0.3) is 32.8 Å². The van der Waals surface area contributed by atoms with Crippen LogP contribution in [-0.4, -0.2) is 90.1 Å². The fourth-order valence-electron chi connectivity index (χ4n) is 9.78. The van der Waals surface area contributed by atoms with E-state index in [1.54, 1.807) is 19.3 Å². The maximum absolute atomic E-state index is 17.6. The maximum atomic E-state index is 17.6. The van der Waals surface area contributed by atoms with E-state index in [0.29, 0.717) is 65.0 Å². The number of nitrogens with two attached hydrogens (primary N) is 1. The summed E-state index contributed by atoms with van der Waals surface area (Å²) in [5, 5.41) is 1.65. The molecule has 5 heterocycles. The van der Waals surface area contributed by atoms with Crippen molar-refractivity contribution in [2.75, 3.05) is 57.1 Å². The van der Waals surface area contributed by atoms with Gasteiger partial charge < -0.3 is 10.6 Å². The second-order valence-corrected chi connectivity index (χ2v) is 14.7. The molecule has 4 saturated heterocycles. The summed E-state index contributed by atoms with van der Waals surface area (Å²) in [6, 6.07) is 6.94. The zero-order chi connectivity index (χ0) is 34.7. The van der Waals surface area contributed by atoms with Gasteiger partial charge in [0.25, 0.3) is 0 Å². The number of likely N-dealkylation sites (tertiary alicyclic amines) is 1. The number of terminal acetylenes is 1. The molecule has 0 radical (unpaired) electrons. The standard InChI is InChI=1S/C40H44F3N7/c1-4-28-31(42)10-7-25-19-24(2)20-29(33(25)28)34-36(43)38-35(30(21-45-3)37(34)44)39(50-26-8-9-27(50)23-48(22-26)18-15-41)47-32(46-38)11-14-40-12-5-16-49(40)17-6-13-40/h1,7,10,19-21,26-27H,5-6,8-9,11-18,22-23,44H2,2-3H3. The molecule has 3 aromatic carbocycles. The van der Waals surface area contributed by atoms with Gasteiger partial charge in [0.15, 0.2) is 5.82 Å². The quantitative estimate of drug-likeness (QED) is 0.125. The highest BCUT2D eigenvalue weighted by molar-refractivity contribution is 6.15. The van der Waals surface area contributed by atoms with Gasteiger partial charge in [-0.25, -0.2) is 23.1 Å². The van der Waals surface area contributed by atoms with Crippen molar-refractivity contribution in [2.45, 2.75) is 75.9 Å². The number of fused-ring (bicyclic) bond motifs is 5. The average Bonchev–Trinajstić information content (AvgIpc) is 3.76. The zero-order valence-corrected chi connectivity index (χ0v) is 28.9. The Kier molecular flexibility index (Phi) is 8.47. The van der Waals surface area contributed by atoms with Crippen molar-refractivity contribution in [1.29, 1.82) is 0 Å². The summed E-state index contributed by atoms with van der Waals surface area (Å²) in [5.74, 6) is 2.64. The Morgan fingerprint density at radius 3 is 2.50 bits per heavy atom. The maximum Gasteiger partial charge on any atom is 0.159 e. The van der Waals surface area contributed by atoms with Gasteiger partial charge in [0.1, 0.15) is 29.7 Å². The van der Waals surface area contributed by atoms with Crippen molar-refractivity contribution >= 4 is 39.4 Å². The third-order valence-electron chi connectivity index (χ3n) is 11.9. The number of anilines is 2. The first-order valence-electron chi connectivity index (χ1n) is 18.0. The lowest BCUT2D eigenvalue weighted by Crippen LogP contribution is -2.54. The van der Waals surface area contributed by atoms with Crippen LogP contribution in [0.4, 0.5) is 24.7 Å². The van der Waals surface area contributed by atoms with Crippen LogP contribution >= 0.6 is 0 Å². The summed E-state index contributed by atoms with van der Waals surface area (Å²) in [6.07, 6.45) is 15.6. The molecule has 0 aliphatic carbocycles. The number of halogens is 3. The van der Waals surface area contributed by atoms with Crippen LogP contribution in [0.15, 0.2) is 29.3 Å². The first kappa shape index (κ1) is 33.0. The third kappa shape index (κ3) is 5.24. The summed E-state index contributed by atoms with van der Waals surface area (Å²) in [6.45, 7) is 5.59. The highest BCUT2D eigenvalue weighted by atomic mass is 19.1. The van der Waals surface area contributed by atoms with E-state index in [4.69, 9.17) is 22.1 Å². The second-order valence-electron chi connectivity index (χ2n) is 14.7. The van der Waals surface area contributed by atoms with Gasteiger partial charge in [-0.05, 0) is 87.5 Å².